The first-order valence-corrected chi connectivity index (χ1v) is 6.44. The molecule has 3 aromatic rings. The number of aryl methyl sites for hydroxylation is 1. The van der Waals surface area contributed by atoms with Gasteiger partial charge in [0.05, 0.1) is 18.2 Å². The van der Waals surface area contributed by atoms with Crippen LogP contribution in [0.5, 0.6) is 0 Å². The number of fused-ring (bicyclic) bond motifs is 1. The Morgan fingerprint density at radius 2 is 2.26 bits per heavy atom. The average molecular weight is 277 g/mol. The molecule has 0 amide bonds. The SMILES string of the molecule is CCn1cncc1C(O)c1cc2cc(Cl)ccc2o1. The van der Waals surface area contributed by atoms with Crippen molar-refractivity contribution < 1.29 is 9.52 Å². The van der Waals surface area contributed by atoms with E-state index < -0.39 is 6.10 Å². The van der Waals surface area contributed by atoms with Crippen molar-refractivity contribution in [2.24, 2.45) is 0 Å². The van der Waals surface area contributed by atoms with Gasteiger partial charge in [0.25, 0.3) is 0 Å². The van der Waals surface area contributed by atoms with Gasteiger partial charge in [-0.25, -0.2) is 4.98 Å². The zero-order valence-corrected chi connectivity index (χ0v) is 11.1. The molecule has 2 heterocycles. The fourth-order valence-electron chi connectivity index (χ4n) is 2.14. The van der Waals surface area contributed by atoms with Crippen molar-refractivity contribution in [3.8, 4) is 0 Å². The minimum Gasteiger partial charge on any atom is -0.458 e. The molecular weight excluding hydrogens is 264 g/mol. The Kier molecular flexibility index (Phi) is 3.05. The zero-order chi connectivity index (χ0) is 13.4. The third kappa shape index (κ3) is 2.13. The summed E-state index contributed by atoms with van der Waals surface area (Å²) in [5.74, 6) is 0.493. The fourth-order valence-corrected chi connectivity index (χ4v) is 2.32. The first-order valence-electron chi connectivity index (χ1n) is 6.06. The molecule has 5 heteroatoms. The maximum Gasteiger partial charge on any atom is 0.153 e. The van der Waals surface area contributed by atoms with Crippen molar-refractivity contribution in [2.45, 2.75) is 19.6 Å². The van der Waals surface area contributed by atoms with Crippen molar-refractivity contribution in [3.63, 3.8) is 0 Å². The van der Waals surface area contributed by atoms with E-state index in [-0.39, 0.29) is 0 Å². The summed E-state index contributed by atoms with van der Waals surface area (Å²) in [6.45, 7) is 2.74. The van der Waals surface area contributed by atoms with E-state index in [1.54, 1.807) is 30.7 Å². The average Bonchev–Trinajstić information content (AvgIpc) is 3.03. The Hall–Kier alpha value is -1.78. The molecule has 0 saturated carbocycles. The number of furan rings is 1. The predicted octanol–water partition coefficient (Wildman–Crippen LogP) is 3.38. The molecule has 3 rings (SSSR count). The second-order valence-electron chi connectivity index (χ2n) is 4.34. The van der Waals surface area contributed by atoms with Crippen LogP contribution < -0.4 is 0 Å². The summed E-state index contributed by atoms with van der Waals surface area (Å²) in [4.78, 5) is 4.05. The van der Waals surface area contributed by atoms with Crippen LogP contribution in [0, 0.1) is 0 Å². The zero-order valence-electron chi connectivity index (χ0n) is 10.4. The van der Waals surface area contributed by atoms with Crippen LogP contribution >= 0.6 is 11.6 Å². The van der Waals surface area contributed by atoms with E-state index >= 15 is 0 Å². The lowest BCUT2D eigenvalue weighted by Gasteiger charge is -2.09. The summed E-state index contributed by atoms with van der Waals surface area (Å²) in [7, 11) is 0. The van der Waals surface area contributed by atoms with Crippen LogP contribution in [0.1, 0.15) is 24.5 Å². The van der Waals surface area contributed by atoms with Crippen LogP contribution in [-0.4, -0.2) is 14.7 Å². The smallest absolute Gasteiger partial charge is 0.153 e. The number of rotatable bonds is 3. The molecule has 0 aliphatic heterocycles. The van der Waals surface area contributed by atoms with E-state index in [9.17, 15) is 5.11 Å². The molecule has 1 N–H and O–H groups in total. The highest BCUT2D eigenvalue weighted by atomic mass is 35.5. The van der Waals surface area contributed by atoms with Gasteiger partial charge in [-0.1, -0.05) is 11.6 Å². The van der Waals surface area contributed by atoms with Gasteiger partial charge < -0.3 is 14.1 Å². The summed E-state index contributed by atoms with van der Waals surface area (Å²) >= 11 is 5.94. The Morgan fingerprint density at radius 3 is 3.05 bits per heavy atom. The van der Waals surface area contributed by atoms with Crippen molar-refractivity contribution in [2.75, 3.05) is 0 Å². The number of aliphatic hydroxyl groups excluding tert-OH is 1. The van der Waals surface area contributed by atoms with Gasteiger partial charge in [0.15, 0.2) is 6.10 Å². The molecule has 2 aromatic heterocycles. The number of hydrogen-bond donors (Lipinski definition) is 1. The summed E-state index contributed by atoms with van der Waals surface area (Å²) in [6, 6.07) is 7.18. The molecule has 1 atom stereocenters. The number of benzene rings is 1. The second-order valence-corrected chi connectivity index (χ2v) is 4.77. The van der Waals surface area contributed by atoms with Crippen molar-refractivity contribution in [1.82, 2.24) is 9.55 Å². The maximum absolute atomic E-state index is 10.4. The largest absolute Gasteiger partial charge is 0.458 e. The van der Waals surface area contributed by atoms with Gasteiger partial charge in [-0.3, -0.25) is 0 Å². The Labute approximate surface area is 115 Å². The molecule has 0 fully saturated rings. The molecule has 4 nitrogen and oxygen atoms in total. The Bertz CT molecular complexity index is 717. The topological polar surface area (TPSA) is 51.2 Å². The normalized spacial score (nSPS) is 13.0. The number of aromatic nitrogens is 2. The van der Waals surface area contributed by atoms with E-state index in [4.69, 9.17) is 16.0 Å². The molecule has 1 aromatic carbocycles. The van der Waals surface area contributed by atoms with Gasteiger partial charge in [-0.05, 0) is 31.2 Å². The van der Waals surface area contributed by atoms with Gasteiger partial charge in [0, 0.05) is 17.0 Å². The van der Waals surface area contributed by atoms with E-state index in [1.165, 1.54) is 0 Å². The van der Waals surface area contributed by atoms with Gasteiger partial charge in [0.2, 0.25) is 0 Å². The third-order valence-electron chi connectivity index (χ3n) is 3.13. The molecule has 98 valence electrons. The summed E-state index contributed by atoms with van der Waals surface area (Å²) in [5, 5.41) is 11.9. The number of hydrogen-bond acceptors (Lipinski definition) is 3. The fraction of sp³-hybridized carbons (Fsp3) is 0.214. The summed E-state index contributed by atoms with van der Waals surface area (Å²) < 4.78 is 7.54. The number of halogens is 1. The monoisotopic (exact) mass is 276 g/mol. The number of imidazole rings is 1. The third-order valence-corrected chi connectivity index (χ3v) is 3.37. The standard InChI is InChI=1S/C14H13ClN2O2/c1-2-17-8-16-7-11(17)14(18)13-6-9-5-10(15)3-4-12(9)19-13/h3-8,14,18H,2H2,1H3. The summed E-state index contributed by atoms with van der Waals surface area (Å²) in [5.41, 5.74) is 1.42. The van der Waals surface area contributed by atoms with E-state index in [1.807, 2.05) is 17.6 Å². The minimum atomic E-state index is -0.825. The van der Waals surface area contributed by atoms with Crippen molar-refractivity contribution in [1.29, 1.82) is 0 Å². The minimum absolute atomic E-state index is 0.493. The highest BCUT2D eigenvalue weighted by Crippen LogP contribution is 2.29. The highest BCUT2D eigenvalue weighted by molar-refractivity contribution is 6.31. The first-order chi connectivity index (χ1) is 9.19. The van der Waals surface area contributed by atoms with Crippen molar-refractivity contribution >= 4 is 22.6 Å². The van der Waals surface area contributed by atoms with Gasteiger partial charge >= 0.3 is 0 Å². The molecule has 0 bridgehead atoms. The predicted molar refractivity (Wildman–Crippen MR) is 73.2 cm³/mol. The second kappa shape index (κ2) is 4.72. The van der Waals surface area contributed by atoms with Crippen molar-refractivity contribution in [3.05, 3.63) is 53.3 Å². The molecule has 0 aliphatic carbocycles. The van der Waals surface area contributed by atoms with E-state index in [0.29, 0.717) is 22.1 Å². The maximum atomic E-state index is 10.4. The Balaban J connectivity index is 2.04. The van der Waals surface area contributed by atoms with Crippen LogP contribution in [0.15, 0.2) is 41.2 Å². The van der Waals surface area contributed by atoms with Crippen LogP contribution in [-0.2, 0) is 6.54 Å². The lowest BCUT2D eigenvalue weighted by molar-refractivity contribution is 0.183. The van der Waals surface area contributed by atoms with E-state index in [2.05, 4.69) is 4.98 Å². The molecule has 0 spiro atoms. The van der Waals surface area contributed by atoms with Crippen LogP contribution in [0.4, 0.5) is 0 Å². The Morgan fingerprint density at radius 1 is 1.42 bits per heavy atom. The molecule has 19 heavy (non-hydrogen) atoms. The van der Waals surface area contributed by atoms with Gasteiger partial charge in [0.1, 0.15) is 11.3 Å². The van der Waals surface area contributed by atoms with Crippen LogP contribution in [0.2, 0.25) is 5.02 Å². The quantitative estimate of drug-likeness (QED) is 0.798. The molecular formula is C14H13ClN2O2. The highest BCUT2D eigenvalue weighted by Gasteiger charge is 2.19. The molecule has 0 saturated heterocycles. The number of nitrogens with zero attached hydrogens (tertiary/aromatic N) is 2. The summed E-state index contributed by atoms with van der Waals surface area (Å²) in [6.07, 6.45) is 2.51. The lowest BCUT2D eigenvalue weighted by Crippen LogP contribution is -2.06. The molecule has 1 unspecified atom stereocenters. The van der Waals surface area contributed by atoms with Gasteiger partial charge in [-0.15, -0.1) is 0 Å². The van der Waals surface area contributed by atoms with Crippen LogP contribution in [0.3, 0.4) is 0 Å². The first kappa shape index (κ1) is 12.3. The van der Waals surface area contributed by atoms with E-state index in [0.717, 1.165) is 11.9 Å². The lowest BCUT2D eigenvalue weighted by atomic mass is 10.2. The number of aliphatic hydroxyl groups is 1. The molecule has 0 radical (unpaired) electrons. The van der Waals surface area contributed by atoms with Gasteiger partial charge in [-0.2, -0.15) is 0 Å². The molecule has 0 aliphatic rings. The van der Waals surface area contributed by atoms with Crippen LogP contribution in [0.25, 0.3) is 11.0 Å².